The van der Waals surface area contributed by atoms with Crippen LogP contribution in [0.2, 0.25) is 0 Å². The molecule has 0 aliphatic rings. The lowest BCUT2D eigenvalue weighted by atomic mass is 10.1. The number of Topliss-reactive ketones (excluding diaryl/α,β-unsaturated/α-hetero) is 1. The van der Waals surface area contributed by atoms with Gasteiger partial charge in [0, 0.05) is 29.8 Å². The van der Waals surface area contributed by atoms with Gasteiger partial charge in [-0.1, -0.05) is 30.0 Å². The lowest BCUT2D eigenvalue weighted by molar-refractivity contribution is -0.109. The number of aromatic nitrogens is 1. The Hall–Kier alpha value is -1.63. The maximum absolute atomic E-state index is 11.5. The van der Waals surface area contributed by atoms with Crippen LogP contribution in [0.5, 0.6) is 0 Å². The van der Waals surface area contributed by atoms with Crippen molar-refractivity contribution in [3.63, 3.8) is 0 Å². The zero-order valence-corrected chi connectivity index (χ0v) is 13.2. The van der Waals surface area contributed by atoms with Gasteiger partial charge in [0.05, 0.1) is 5.75 Å². The first-order valence-electron chi connectivity index (χ1n) is 6.12. The molecule has 21 heavy (non-hydrogen) atoms. The number of carbonyl (C=O) groups is 2. The van der Waals surface area contributed by atoms with Crippen LogP contribution in [0.4, 0.5) is 0 Å². The summed E-state index contributed by atoms with van der Waals surface area (Å²) in [6.45, 7) is 1.45. The predicted molar refractivity (Wildman–Crippen MR) is 88.2 cm³/mol. The van der Waals surface area contributed by atoms with E-state index in [0.29, 0.717) is 5.56 Å². The Bertz CT molecular complexity index is 533. The summed E-state index contributed by atoms with van der Waals surface area (Å²) in [5.74, 6) is 0.161. The molecule has 0 bridgehead atoms. The van der Waals surface area contributed by atoms with E-state index in [2.05, 4.69) is 4.98 Å². The number of hydrogen-bond acceptors (Lipinski definition) is 6. The second-order valence-corrected chi connectivity index (χ2v) is 5.73. The van der Waals surface area contributed by atoms with Crippen molar-refractivity contribution in [3.05, 3.63) is 60.4 Å². The summed E-state index contributed by atoms with van der Waals surface area (Å²) in [6, 6.07) is 12.7. The number of carbonyl (C=O) groups excluding carboxylic acids is 2. The third kappa shape index (κ3) is 7.65. The van der Waals surface area contributed by atoms with Crippen molar-refractivity contribution in [1.82, 2.24) is 4.98 Å². The van der Waals surface area contributed by atoms with Crippen LogP contribution in [0.1, 0.15) is 17.3 Å². The minimum atomic E-state index is -0.0440. The van der Waals surface area contributed by atoms with Crippen molar-refractivity contribution in [3.8, 4) is 0 Å². The molecule has 0 saturated carbocycles. The fourth-order valence-electron chi connectivity index (χ4n) is 1.28. The largest absolute Gasteiger partial charge is 0.293 e. The summed E-state index contributed by atoms with van der Waals surface area (Å²) >= 11 is 2.16. The van der Waals surface area contributed by atoms with Gasteiger partial charge < -0.3 is 0 Å². The first-order chi connectivity index (χ1) is 10.1. The Labute approximate surface area is 132 Å². The van der Waals surface area contributed by atoms with Crippen molar-refractivity contribution in [2.45, 2.75) is 11.8 Å². The molecular weight excluding hydrogens is 304 g/mol. The summed E-state index contributed by atoms with van der Waals surface area (Å²) in [7, 11) is 0. The highest BCUT2D eigenvalue weighted by atomic mass is 32.2. The molecule has 0 radical (unpaired) electrons. The molecule has 4 nitrogen and oxygen atoms in total. The number of nitrogens with two attached hydrogens (primary N) is 1. The average molecular weight is 320 g/mol. The third-order valence-electron chi connectivity index (χ3n) is 2.29. The molecule has 0 amide bonds. The molecule has 2 rings (SSSR count). The minimum absolute atomic E-state index is 0.0382. The average Bonchev–Trinajstić information content (AvgIpc) is 2.55. The van der Waals surface area contributed by atoms with E-state index in [0.717, 1.165) is 28.6 Å². The number of pyridine rings is 1. The summed E-state index contributed by atoms with van der Waals surface area (Å²) in [5.41, 5.74) is 0.613. The van der Waals surface area contributed by atoms with E-state index in [-0.39, 0.29) is 16.7 Å². The highest BCUT2D eigenvalue weighted by molar-refractivity contribution is 8.14. The molecule has 6 heteroatoms. The van der Waals surface area contributed by atoms with Crippen LogP contribution < -0.4 is 5.14 Å². The van der Waals surface area contributed by atoms with E-state index in [1.165, 1.54) is 6.92 Å². The maximum atomic E-state index is 11.5. The monoisotopic (exact) mass is 320 g/mol. The van der Waals surface area contributed by atoms with E-state index in [1.54, 1.807) is 36.7 Å². The molecule has 0 spiro atoms. The highest BCUT2D eigenvalue weighted by Crippen LogP contribution is 2.14. The SMILES string of the molecule is CC(=O)SCC(=O)c1ccc(SN)cc1.c1ccncc1. The molecule has 0 unspecified atom stereocenters. The van der Waals surface area contributed by atoms with Gasteiger partial charge in [0.15, 0.2) is 10.9 Å². The molecular formula is C15H16N2O2S2. The topological polar surface area (TPSA) is 73.0 Å². The van der Waals surface area contributed by atoms with Crippen molar-refractivity contribution in [1.29, 1.82) is 0 Å². The molecule has 0 aliphatic heterocycles. The lowest BCUT2D eigenvalue weighted by Crippen LogP contribution is -2.03. The number of rotatable bonds is 4. The van der Waals surface area contributed by atoms with Crippen molar-refractivity contribution in [2.24, 2.45) is 5.14 Å². The quantitative estimate of drug-likeness (QED) is 0.689. The van der Waals surface area contributed by atoms with Crippen molar-refractivity contribution in [2.75, 3.05) is 5.75 Å². The third-order valence-corrected chi connectivity index (χ3v) is 3.64. The molecule has 0 aliphatic carbocycles. The summed E-state index contributed by atoms with van der Waals surface area (Å²) in [5, 5.41) is 5.31. The van der Waals surface area contributed by atoms with E-state index >= 15 is 0 Å². The lowest BCUT2D eigenvalue weighted by Gasteiger charge is -2.00. The predicted octanol–water partition coefficient (Wildman–Crippen LogP) is 3.20. The van der Waals surface area contributed by atoms with E-state index < -0.39 is 0 Å². The molecule has 2 aromatic rings. The van der Waals surface area contributed by atoms with Gasteiger partial charge in [-0.15, -0.1) is 0 Å². The summed E-state index contributed by atoms with van der Waals surface area (Å²) in [4.78, 5) is 26.9. The molecule has 1 aromatic carbocycles. The van der Waals surface area contributed by atoms with Gasteiger partial charge in [0.1, 0.15) is 0 Å². The number of thioether (sulfide) groups is 1. The summed E-state index contributed by atoms with van der Waals surface area (Å²) in [6.07, 6.45) is 3.50. The van der Waals surface area contributed by atoms with Gasteiger partial charge in [0.2, 0.25) is 0 Å². The summed E-state index contributed by atoms with van der Waals surface area (Å²) < 4.78 is 0. The Kier molecular flexibility index (Phi) is 8.42. The van der Waals surface area contributed by atoms with Gasteiger partial charge in [-0.2, -0.15) is 0 Å². The Balaban J connectivity index is 0.000000304. The fourth-order valence-corrected chi connectivity index (χ4v) is 2.08. The molecule has 0 saturated heterocycles. The van der Waals surface area contributed by atoms with E-state index in [9.17, 15) is 9.59 Å². The van der Waals surface area contributed by atoms with Gasteiger partial charge >= 0.3 is 0 Å². The van der Waals surface area contributed by atoms with Crippen LogP contribution in [0, 0.1) is 0 Å². The molecule has 1 aromatic heterocycles. The normalized spacial score (nSPS) is 9.43. The van der Waals surface area contributed by atoms with Gasteiger partial charge in [-0.3, -0.25) is 19.7 Å². The number of benzene rings is 1. The van der Waals surface area contributed by atoms with Crippen LogP contribution in [0.15, 0.2) is 59.8 Å². The van der Waals surface area contributed by atoms with E-state index in [1.807, 2.05) is 18.2 Å². The van der Waals surface area contributed by atoms with Crippen LogP contribution in [0.25, 0.3) is 0 Å². The Morgan fingerprint density at radius 3 is 2.10 bits per heavy atom. The second kappa shape index (κ2) is 10.1. The van der Waals surface area contributed by atoms with Crippen LogP contribution >= 0.6 is 23.7 Å². The highest BCUT2D eigenvalue weighted by Gasteiger charge is 2.07. The van der Waals surface area contributed by atoms with Crippen molar-refractivity contribution >= 4 is 34.6 Å². The molecule has 110 valence electrons. The number of nitrogens with zero attached hydrogens (tertiary/aromatic N) is 1. The van der Waals surface area contributed by atoms with Gasteiger partial charge in [-0.25, -0.2) is 0 Å². The first kappa shape index (κ1) is 17.4. The fraction of sp³-hybridized carbons (Fsp3) is 0.133. The van der Waals surface area contributed by atoms with Crippen LogP contribution in [0.3, 0.4) is 0 Å². The second-order valence-electron chi connectivity index (χ2n) is 3.87. The molecule has 0 atom stereocenters. The van der Waals surface area contributed by atoms with Gasteiger partial charge in [0.25, 0.3) is 0 Å². The zero-order valence-electron chi connectivity index (χ0n) is 11.6. The Morgan fingerprint density at radius 2 is 1.71 bits per heavy atom. The number of hydrogen-bond donors (Lipinski definition) is 1. The van der Waals surface area contributed by atoms with Crippen LogP contribution in [-0.4, -0.2) is 21.6 Å². The molecule has 2 N–H and O–H groups in total. The molecule has 1 heterocycles. The smallest absolute Gasteiger partial charge is 0.186 e. The first-order valence-corrected chi connectivity index (χ1v) is 7.98. The minimum Gasteiger partial charge on any atom is -0.293 e. The van der Waals surface area contributed by atoms with E-state index in [4.69, 9.17) is 5.14 Å². The van der Waals surface area contributed by atoms with Crippen LogP contribution in [-0.2, 0) is 4.79 Å². The van der Waals surface area contributed by atoms with Crippen molar-refractivity contribution < 1.29 is 9.59 Å². The molecule has 0 fully saturated rings. The van der Waals surface area contributed by atoms with Gasteiger partial charge in [-0.05, 0) is 36.2 Å². The number of ketones is 1. The standard InChI is InChI=1S/C10H11NO2S2.C5H5N/c1-7(12)14-6-10(13)8-2-4-9(15-11)5-3-8;1-2-4-6-5-3-1/h2-5H,6,11H2,1H3;1-5H. The Morgan fingerprint density at radius 1 is 1.10 bits per heavy atom. The zero-order chi connectivity index (χ0) is 15.5. The maximum Gasteiger partial charge on any atom is 0.186 e.